The quantitative estimate of drug-likeness (QED) is 0.0186. The third-order valence-electron chi connectivity index (χ3n) is 4.75. The summed E-state index contributed by atoms with van der Waals surface area (Å²) in [4.78, 5) is 86.2. The summed E-state index contributed by atoms with van der Waals surface area (Å²) in [5.74, 6) is -3.27. The Morgan fingerprint density at radius 1 is 1.05 bits per heavy atom. The minimum Gasteiger partial charge on any atom is -0.540 e. The van der Waals surface area contributed by atoms with Crippen molar-refractivity contribution in [1.82, 2.24) is 21.3 Å². The molecule has 14 nitrogen and oxygen atoms in total. The van der Waals surface area contributed by atoms with Crippen molar-refractivity contribution in [3.63, 3.8) is 0 Å². The molecule has 0 bridgehead atoms. The molecule has 0 spiro atoms. The summed E-state index contributed by atoms with van der Waals surface area (Å²) in [5.41, 5.74) is 5.62. The van der Waals surface area contributed by atoms with Crippen LogP contribution in [0, 0.1) is 37.5 Å². The second-order valence-electron chi connectivity index (χ2n) is 8.16. The molecule has 0 rings (SSSR count). The van der Waals surface area contributed by atoms with Gasteiger partial charge in [-0.25, -0.2) is 11.3 Å². The van der Waals surface area contributed by atoms with Gasteiger partial charge in [-0.15, -0.1) is 0 Å². The molecule has 6 N–H and O–H groups in total. The molecule has 5 atom stereocenters. The molecule has 17 heteroatoms. The Balaban J connectivity index is -0.00000722. The molecule has 0 fully saturated rings. The molecule has 0 heterocycles. The van der Waals surface area contributed by atoms with Gasteiger partial charge in [-0.1, -0.05) is 13.0 Å². The molecule has 0 saturated carbocycles. The smallest absolute Gasteiger partial charge is 0.313 e. The van der Waals surface area contributed by atoms with Gasteiger partial charge in [0.25, 0.3) is 6.02 Å². The van der Waals surface area contributed by atoms with Gasteiger partial charge in [0, 0.05) is 62.6 Å². The summed E-state index contributed by atoms with van der Waals surface area (Å²) in [6, 6.07) is -4.61. The number of nitrogens with one attached hydrogen (secondary N) is 4. The van der Waals surface area contributed by atoms with Gasteiger partial charge in [0.1, 0.15) is 19.7 Å². The van der Waals surface area contributed by atoms with Crippen LogP contribution >= 0.6 is 12.6 Å². The van der Waals surface area contributed by atoms with Gasteiger partial charge in [-0.3, -0.25) is 19.2 Å². The monoisotopic (exact) mass is 847 g/mol. The van der Waals surface area contributed by atoms with Crippen molar-refractivity contribution >= 4 is 60.8 Å². The van der Waals surface area contributed by atoms with Crippen LogP contribution in [-0.2, 0) is 56.9 Å². The second kappa shape index (κ2) is 23.7. The Hall–Kier alpha value is -1.98. The zero-order valence-corrected chi connectivity index (χ0v) is 29.1. The summed E-state index contributed by atoms with van der Waals surface area (Å²) >= 11 is 3.99. The molecule has 0 aliphatic rings. The van der Waals surface area contributed by atoms with Crippen molar-refractivity contribution in [2.45, 2.75) is 82.8 Å². The number of hydrogen-bond acceptors (Lipinski definition) is 10. The molecule has 0 aromatic carbocycles. The zero-order valence-electron chi connectivity index (χ0n) is 23.7. The number of nitrogens with zero attached hydrogens (tertiary/aromatic N) is 1. The Morgan fingerprint density at radius 2 is 1.62 bits per heavy atom. The van der Waals surface area contributed by atoms with Crippen molar-refractivity contribution in [2.75, 3.05) is 6.54 Å². The van der Waals surface area contributed by atoms with E-state index in [1.165, 1.54) is 34.1 Å². The molecule has 40 heavy (non-hydrogen) atoms. The van der Waals surface area contributed by atoms with E-state index >= 15 is 0 Å². The van der Waals surface area contributed by atoms with E-state index in [1.54, 1.807) is 6.29 Å². The average Bonchev–Trinajstić information content (AvgIpc) is 2.87. The fourth-order valence-corrected chi connectivity index (χ4v) is 2.79. The van der Waals surface area contributed by atoms with E-state index in [0.717, 1.165) is 0 Å². The normalized spacial score (nSPS) is 14.5. The zero-order chi connectivity index (χ0) is 30.1. The van der Waals surface area contributed by atoms with Crippen LogP contribution in [0.5, 0.6) is 0 Å². The third kappa shape index (κ3) is 19.2. The van der Waals surface area contributed by atoms with Crippen molar-refractivity contribution < 1.29 is 89.3 Å². The number of rotatable bonds is 17. The minimum absolute atomic E-state index is 0. The second-order valence-corrected chi connectivity index (χ2v) is 8.93. The van der Waals surface area contributed by atoms with Crippen molar-refractivity contribution in [1.29, 1.82) is 0 Å². The Kier molecular flexibility index (Phi) is 23.8. The van der Waals surface area contributed by atoms with E-state index in [1.807, 2.05) is 0 Å². The van der Waals surface area contributed by atoms with E-state index in [4.69, 9.17) is 11.8 Å². The summed E-state index contributed by atoms with van der Waals surface area (Å²) in [5, 5.41) is 8.82. The summed E-state index contributed by atoms with van der Waals surface area (Å²) in [6.45, 7) is 5.73. The number of aliphatic imine (C=N–C) groups is 1. The molecule has 0 aliphatic heterocycles. The molecule has 223 valence electrons. The number of amidine groups is 1. The van der Waals surface area contributed by atoms with Gasteiger partial charge in [0.2, 0.25) is 17.7 Å². The number of carbonyl (C=O) groups excluding carboxylic acids is 7. The molecule has 0 aromatic rings. The van der Waals surface area contributed by atoms with Gasteiger partial charge in [-0.05, 0) is 33.1 Å². The fraction of sp³-hybridized carbons (Fsp3) is 0.609. The SMILES string of the molecule is [3H]C(=O)C(C)NC(=O)C(CCC(=O)OC(N)=NCCCC(NC(=O)[CH-]C)C(=O)NC(C)[C-]=O)NC(=O)C(C)S.[U].[V]. The number of nitrogens with two attached hydrogens (primary N) is 1. The number of hydrogen-bond donors (Lipinski definition) is 6. The fourth-order valence-electron chi connectivity index (χ4n) is 2.72. The van der Waals surface area contributed by atoms with Gasteiger partial charge < -0.3 is 52.5 Å². The van der Waals surface area contributed by atoms with E-state index in [9.17, 15) is 33.6 Å². The predicted molar refractivity (Wildman–Crippen MR) is 140 cm³/mol. The molecule has 0 saturated heterocycles. The van der Waals surface area contributed by atoms with Crippen LogP contribution in [0.4, 0.5) is 0 Å². The number of aldehydes is 1. The Labute approximate surface area is 276 Å². The van der Waals surface area contributed by atoms with Crippen LogP contribution in [0.3, 0.4) is 0 Å². The van der Waals surface area contributed by atoms with Gasteiger partial charge >= 0.3 is 5.97 Å². The largest absolute Gasteiger partial charge is 0.540 e. The number of ether oxygens (including phenoxy) is 1. The first-order valence-electron chi connectivity index (χ1n) is 12.3. The van der Waals surface area contributed by atoms with E-state index < -0.39 is 71.3 Å². The average molecular weight is 848 g/mol. The molecular weight excluding hydrogens is 809 g/mol. The molecule has 0 aliphatic carbocycles. The molecule has 0 aromatic heterocycles. The first-order valence-corrected chi connectivity index (χ1v) is 12.3. The van der Waals surface area contributed by atoms with Gasteiger partial charge in [0.15, 0.2) is 0 Å². The number of amides is 4. The summed E-state index contributed by atoms with van der Waals surface area (Å²) in [6.07, 6.45) is 1.65. The summed E-state index contributed by atoms with van der Waals surface area (Å²) < 4.78 is 12.0. The van der Waals surface area contributed by atoms with Gasteiger partial charge in [0.05, 0.1) is 17.2 Å². The van der Waals surface area contributed by atoms with E-state index in [0.29, 0.717) is 0 Å². The van der Waals surface area contributed by atoms with Crippen LogP contribution in [0.2, 0.25) is 0 Å². The van der Waals surface area contributed by atoms with Crippen molar-refractivity contribution in [3.8, 4) is 0 Å². The third-order valence-corrected chi connectivity index (χ3v) is 4.99. The first-order chi connectivity index (χ1) is 18.2. The topological polar surface area (TPSA) is 215 Å². The number of thiol groups is 1. The Morgan fingerprint density at radius 3 is 2.15 bits per heavy atom. The maximum absolute atomic E-state index is 12.4. The van der Waals surface area contributed by atoms with E-state index in [2.05, 4.69) is 38.9 Å². The maximum atomic E-state index is 12.4. The van der Waals surface area contributed by atoms with Crippen molar-refractivity contribution in [3.05, 3.63) is 6.42 Å². The van der Waals surface area contributed by atoms with Crippen LogP contribution in [0.1, 0.15) is 54.7 Å². The molecule has 1 radical (unpaired) electrons. The minimum atomic E-state index is -1.21. The Bertz CT molecular complexity index is 946. The number of carbonyl (C=O) groups is 6. The number of esters is 1. The molecular formula is C23H36N6O8SUV-2. The molecule has 5 unspecified atom stereocenters. The maximum Gasteiger partial charge on any atom is 0.313 e. The van der Waals surface area contributed by atoms with E-state index in [-0.39, 0.29) is 81.9 Å². The predicted octanol–water partition coefficient (Wildman–Crippen LogP) is -1.77. The molecule has 4 amide bonds. The summed E-state index contributed by atoms with van der Waals surface area (Å²) in [7, 11) is 0. The van der Waals surface area contributed by atoms with Crippen LogP contribution in [0.15, 0.2) is 4.99 Å². The van der Waals surface area contributed by atoms with Crippen LogP contribution < -0.4 is 27.0 Å². The van der Waals surface area contributed by atoms with Gasteiger partial charge in [-0.2, -0.15) is 19.6 Å². The standard InChI is InChI=1S/C23H36N6O8S.U.V/c1-5-18(32)28-16(21(35)26-13(2)11-30)7-6-10-25-23(24)37-19(33)9-8-17(29-20(34)15(4)38)22(36)27-14(3)12-31;;/h5,12-17,38H,6-10H2,1-4H3,(H2,24,25)(H,26,35)(H,27,36)(H,28,32)(H,29,34);;/q-2;;/i12T;;. The first kappa shape index (κ1) is 40.2. The van der Waals surface area contributed by atoms with Crippen LogP contribution in [0.25, 0.3) is 0 Å². The van der Waals surface area contributed by atoms with Crippen LogP contribution in [-0.4, -0.2) is 84.1 Å². The van der Waals surface area contributed by atoms with Crippen molar-refractivity contribution in [2.24, 2.45) is 10.7 Å².